The van der Waals surface area contributed by atoms with E-state index < -0.39 is 11.8 Å². The minimum absolute atomic E-state index is 0.0352. The topological polar surface area (TPSA) is 93.5 Å². The summed E-state index contributed by atoms with van der Waals surface area (Å²) in [6.45, 7) is 2.70. The zero-order valence-corrected chi connectivity index (χ0v) is 20.7. The van der Waals surface area contributed by atoms with E-state index in [0.29, 0.717) is 41.1 Å². The number of urea groups is 1. The first-order valence-electron chi connectivity index (χ1n) is 11.6. The summed E-state index contributed by atoms with van der Waals surface area (Å²) in [5.74, 6) is 0.246. The SMILES string of the molecule is Cn1cc(-c2cc(Oc3ccc(F)c(NC(=O)Nc4cc(Cl)cc(N5CCOCC5)c4)c3)ccn2)cn1. The van der Waals surface area contributed by atoms with Gasteiger partial charge in [-0.15, -0.1) is 0 Å². The Hall–Kier alpha value is -4.15. The van der Waals surface area contributed by atoms with E-state index >= 15 is 0 Å². The van der Waals surface area contributed by atoms with Gasteiger partial charge in [-0.3, -0.25) is 9.67 Å². The summed E-state index contributed by atoms with van der Waals surface area (Å²) in [5, 5.41) is 9.88. The van der Waals surface area contributed by atoms with Crippen molar-refractivity contribution in [3.8, 4) is 22.8 Å². The number of anilines is 3. The molecule has 0 unspecified atom stereocenters. The molecule has 1 aliphatic rings. The third-order valence-corrected chi connectivity index (χ3v) is 5.89. The number of rotatable bonds is 6. The van der Waals surface area contributed by atoms with Crippen molar-refractivity contribution in [3.63, 3.8) is 0 Å². The van der Waals surface area contributed by atoms with Crippen molar-refractivity contribution in [2.24, 2.45) is 7.05 Å². The molecule has 1 aliphatic heterocycles. The highest BCUT2D eigenvalue weighted by atomic mass is 35.5. The van der Waals surface area contributed by atoms with Crippen LogP contribution in [0.3, 0.4) is 0 Å². The zero-order valence-electron chi connectivity index (χ0n) is 19.9. The lowest BCUT2D eigenvalue weighted by Gasteiger charge is -2.29. The Morgan fingerprint density at radius 2 is 1.89 bits per heavy atom. The van der Waals surface area contributed by atoms with Crippen LogP contribution in [0.2, 0.25) is 5.02 Å². The summed E-state index contributed by atoms with van der Waals surface area (Å²) < 4.78 is 27.5. The van der Waals surface area contributed by atoms with E-state index in [9.17, 15) is 9.18 Å². The first kappa shape index (κ1) is 24.5. The standard InChI is InChI=1S/C26H24ClFN6O3/c1-33-16-17(15-30-33)24-13-22(4-5-29-24)37-21-2-3-23(28)25(14-21)32-26(35)31-19-10-18(27)11-20(12-19)34-6-8-36-9-7-34/h2-5,10-16H,6-9H2,1H3,(H2,31,32,35). The van der Waals surface area contributed by atoms with Gasteiger partial charge < -0.3 is 25.0 Å². The van der Waals surface area contributed by atoms with Crippen molar-refractivity contribution < 1.29 is 18.7 Å². The second-order valence-electron chi connectivity index (χ2n) is 8.40. The fourth-order valence-corrected chi connectivity index (χ4v) is 4.15. The van der Waals surface area contributed by atoms with E-state index in [0.717, 1.165) is 24.3 Å². The van der Waals surface area contributed by atoms with Crippen molar-refractivity contribution in [2.75, 3.05) is 41.8 Å². The van der Waals surface area contributed by atoms with Crippen molar-refractivity contribution in [1.82, 2.24) is 14.8 Å². The monoisotopic (exact) mass is 522 g/mol. The number of halogens is 2. The quantitative estimate of drug-likeness (QED) is 0.345. The molecule has 2 aromatic carbocycles. The maximum absolute atomic E-state index is 14.5. The third-order valence-electron chi connectivity index (χ3n) is 5.67. The number of aryl methyl sites for hydroxylation is 1. The lowest BCUT2D eigenvalue weighted by atomic mass is 10.2. The van der Waals surface area contributed by atoms with Gasteiger partial charge in [0.25, 0.3) is 0 Å². The number of amides is 2. The Balaban J connectivity index is 1.27. The summed E-state index contributed by atoms with van der Waals surface area (Å²) in [4.78, 5) is 19.1. The molecule has 0 aliphatic carbocycles. The first-order chi connectivity index (χ1) is 17.9. The average molecular weight is 523 g/mol. The Morgan fingerprint density at radius 1 is 1.08 bits per heavy atom. The molecule has 0 radical (unpaired) electrons. The number of nitrogens with one attached hydrogen (secondary N) is 2. The maximum Gasteiger partial charge on any atom is 0.323 e. The van der Waals surface area contributed by atoms with Crippen LogP contribution in [0.4, 0.5) is 26.2 Å². The van der Waals surface area contributed by atoms with Crippen molar-refractivity contribution >= 4 is 34.7 Å². The first-order valence-corrected chi connectivity index (χ1v) is 11.9. The molecule has 0 atom stereocenters. The van der Waals surface area contributed by atoms with Crippen LogP contribution in [0, 0.1) is 5.82 Å². The Labute approximate surface area is 217 Å². The van der Waals surface area contributed by atoms with Crippen molar-refractivity contribution in [2.45, 2.75) is 0 Å². The van der Waals surface area contributed by atoms with Crippen LogP contribution in [-0.2, 0) is 11.8 Å². The predicted octanol–water partition coefficient (Wildman–Crippen LogP) is 5.55. The molecule has 9 nitrogen and oxygen atoms in total. The number of aromatic nitrogens is 3. The molecule has 0 bridgehead atoms. The number of hydrogen-bond donors (Lipinski definition) is 2. The average Bonchev–Trinajstić information content (AvgIpc) is 3.33. The van der Waals surface area contributed by atoms with Gasteiger partial charge in [0, 0.05) is 66.6 Å². The highest BCUT2D eigenvalue weighted by Crippen LogP contribution is 2.29. The van der Waals surface area contributed by atoms with Gasteiger partial charge in [-0.1, -0.05) is 11.6 Å². The summed E-state index contributed by atoms with van der Waals surface area (Å²) in [7, 11) is 1.82. The van der Waals surface area contributed by atoms with E-state index in [2.05, 4.69) is 25.6 Å². The van der Waals surface area contributed by atoms with Crippen molar-refractivity contribution in [3.05, 3.63) is 78.0 Å². The largest absolute Gasteiger partial charge is 0.457 e. The molecule has 3 heterocycles. The number of hydrogen-bond acceptors (Lipinski definition) is 6. The van der Waals surface area contributed by atoms with Gasteiger partial charge in [-0.25, -0.2) is 9.18 Å². The molecule has 2 aromatic heterocycles. The summed E-state index contributed by atoms with van der Waals surface area (Å²) >= 11 is 6.27. The molecule has 190 valence electrons. The third kappa shape index (κ3) is 6.16. The Morgan fingerprint density at radius 3 is 2.68 bits per heavy atom. The predicted molar refractivity (Wildman–Crippen MR) is 140 cm³/mol. The van der Waals surface area contributed by atoms with Crippen LogP contribution in [-0.4, -0.2) is 47.1 Å². The number of ether oxygens (including phenoxy) is 2. The summed E-state index contributed by atoms with van der Waals surface area (Å²) in [6, 6.07) is 12.2. The van der Waals surface area contributed by atoms with Crippen LogP contribution < -0.4 is 20.3 Å². The van der Waals surface area contributed by atoms with Crippen LogP contribution in [0.15, 0.2) is 67.1 Å². The van der Waals surface area contributed by atoms with Gasteiger partial charge in [0.2, 0.25) is 0 Å². The molecular weight excluding hydrogens is 499 g/mol. The zero-order chi connectivity index (χ0) is 25.8. The van der Waals surface area contributed by atoms with Gasteiger partial charge in [0.05, 0.1) is 30.8 Å². The minimum atomic E-state index is -0.617. The van der Waals surface area contributed by atoms with Crippen LogP contribution in [0.25, 0.3) is 11.3 Å². The number of carbonyl (C=O) groups excluding carboxylic acids is 1. The molecule has 0 spiro atoms. The van der Waals surface area contributed by atoms with Gasteiger partial charge >= 0.3 is 6.03 Å². The second kappa shape index (κ2) is 10.9. The van der Waals surface area contributed by atoms with E-state index in [1.807, 2.05) is 25.4 Å². The van der Waals surface area contributed by atoms with E-state index in [1.165, 1.54) is 18.2 Å². The normalized spacial score (nSPS) is 13.3. The summed E-state index contributed by atoms with van der Waals surface area (Å²) in [5.41, 5.74) is 2.84. The minimum Gasteiger partial charge on any atom is -0.457 e. The van der Waals surface area contributed by atoms with E-state index in [-0.39, 0.29) is 5.69 Å². The highest BCUT2D eigenvalue weighted by molar-refractivity contribution is 6.31. The maximum atomic E-state index is 14.5. The molecule has 4 aromatic rings. The van der Waals surface area contributed by atoms with Crippen LogP contribution >= 0.6 is 11.6 Å². The van der Waals surface area contributed by atoms with Crippen LogP contribution in [0.1, 0.15) is 0 Å². The van der Waals surface area contributed by atoms with E-state index in [1.54, 1.807) is 35.3 Å². The highest BCUT2D eigenvalue weighted by Gasteiger charge is 2.15. The van der Waals surface area contributed by atoms with E-state index in [4.69, 9.17) is 21.1 Å². The molecular formula is C26H24ClFN6O3. The van der Waals surface area contributed by atoms with Gasteiger partial charge in [0.15, 0.2) is 0 Å². The van der Waals surface area contributed by atoms with Gasteiger partial charge in [-0.05, 0) is 36.4 Å². The summed E-state index contributed by atoms with van der Waals surface area (Å²) in [6.07, 6.45) is 5.16. The van der Waals surface area contributed by atoms with Crippen molar-refractivity contribution in [1.29, 1.82) is 0 Å². The fourth-order valence-electron chi connectivity index (χ4n) is 3.92. The Kier molecular flexibility index (Phi) is 7.20. The molecule has 1 saturated heterocycles. The molecule has 37 heavy (non-hydrogen) atoms. The lowest BCUT2D eigenvalue weighted by molar-refractivity contribution is 0.122. The van der Waals surface area contributed by atoms with Gasteiger partial charge in [0.1, 0.15) is 17.3 Å². The number of morpholine rings is 1. The Bertz CT molecular complexity index is 1420. The number of benzene rings is 2. The number of carbonyl (C=O) groups is 1. The molecule has 1 fully saturated rings. The molecule has 5 rings (SSSR count). The number of nitrogens with zero attached hydrogens (tertiary/aromatic N) is 4. The molecule has 2 N–H and O–H groups in total. The smallest absolute Gasteiger partial charge is 0.323 e. The van der Waals surface area contributed by atoms with Gasteiger partial charge in [-0.2, -0.15) is 5.10 Å². The fraction of sp³-hybridized carbons (Fsp3) is 0.192. The molecule has 0 saturated carbocycles. The second-order valence-corrected chi connectivity index (χ2v) is 8.84. The van der Waals surface area contributed by atoms with Crippen LogP contribution in [0.5, 0.6) is 11.5 Å². The molecule has 2 amide bonds. The number of pyridine rings is 1. The molecule has 11 heteroatoms. The lowest BCUT2D eigenvalue weighted by Crippen LogP contribution is -2.36.